The first-order valence-corrected chi connectivity index (χ1v) is 8.57. The van der Waals surface area contributed by atoms with Crippen LogP contribution in [0.2, 0.25) is 0 Å². The van der Waals surface area contributed by atoms with Gasteiger partial charge in [-0.25, -0.2) is 4.98 Å². The maximum absolute atomic E-state index is 12.7. The summed E-state index contributed by atoms with van der Waals surface area (Å²) in [6.45, 7) is 0. The van der Waals surface area contributed by atoms with E-state index in [1.54, 1.807) is 30.5 Å². The van der Waals surface area contributed by atoms with Crippen molar-refractivity contribution in [2.75, 3.05) is 12.4 Å². The van der Waals surface area contributed by atoms with E-state index in [0.29, 0.717) is 22.7 Å². The molecule has 0 fully saturated rings. The van der Waals surface area contributed by atoms with Crippen molar-refractivity contribution in [3.8, 4) is 23.8 Å². The van der Waals surface area contributed by atoms with Crippen LogP contribution in [-0.4, -0.2) is 42.8 Å². The molecule has 10 heteroatoms. The van der Waals surface area contributed by atoms with Crippen molar-refractivity contribution in [2.24, 2.45) is 0 Å². The average Bonchev–Trinajstić information content (AvgIpc) is 3.21. The van der Waals surface area contributed by atoms with Gasteiger partial charge < -0.3 is 10.1 Å². The Morgan fingerprint density at radius 2 is 2.07 bits per heavy atom. The summed E-state index contributed by atoms with van der Waals surface area (Å²) >= 11 is 0. The van der Waals surface area contributed by atoms with Gasteiger partial charge >= 0.3 is 0 Å². The van der Waals surface area contributed by atoms with Crippen LogP contribution in [0.1, 0.15) is 27.3 Å². The number of hydrogen-bond acceptors (Lipinski definition) is 8. The molecule has 4 rings (SSSR count). The van der Waals surface area contributed by atoms with Crippen LogP contribution in [-0.2, 0) is 0 Å². The third-order valence-corrected chi connectivity index (χ3v) is 3.94. The monoisotopic (exact) mass is 396 g/mol. The highest BCUT2D eigenvalue weighted by molar-refractivity contribution is 6.05. The number of hydrogen-bond donors (Lipinski definition) is 1. The molecule has 3 heterocycles. The van der Waals surface area contributed by atoms with Gasteiger partial charge in [0.1, 0.15) is 12.0 Å². The number of carbonyl (C=O) groups excluding carboxylic acids is 1. The standard InChI is InChI=1S/C20H12N8O2/c1-30-20-16(11-22-12-23-20)25-19(29)15-8-13(7-14(9-15)10-21)4-5-18-27-26-17-3-2-6-24-28(17)18/h2-3,6-9,11-12H,1H3,(H,25,29). The fourth-order valence-electron chi connectivity index (χ4n) is 2.61. The zero-order chi connectivity index (χ0) is 20.9. The number of amides is 1. The number of nitrogens with zero attached hydrogens (tertiary/aromatic N) is 7. The van der Waals surface area contributed by atoms with Gasteiger partial charge in [-0.05, 0) is 36.3 Å². The zero-order valence-electron chi connectivity index (χ0n) is 15.6. The molecular formula is C20H12N8O2. The van der Waals surface area contributed by atoms with E-state index in [2.05, 4.69) is 42.4 Å². The van der Waals surface area contributed by atoms with Crippen molar-refractivity contribution in [3.05, 3.63) is 71.6 Å². The number of fused-ring (bicyclic) bond motifs is 1. The lowest BCUT2D eigenvalue weighted by atomic mass is 10.1. The maximum Gasteiger partial charge on any atom is 0.255 e. The second-order valence-electron chi connectivity index (χ2n) is 5.88. The van der Waals surface area contributed by atoms with E-state index in [9.17, 15) is 10.1 Å². The first-order valence-electron chi connectivity index (χ1n) is 8.57. The van der Waals surface area contributed by atoms with Gasteiger partial charge in [-0.1, -0.05) is 5.92 Å². The highest BCUT2D eigenvalue weighted by atomic mass is 16.5. The number of carbonyl (C=O) groups is 1. The van der Waals surface area contributed by atoms with Crippen molar-refractivity contribution in [1.29, 1.82) is 5.26 Å². The maximum atomic E-state index is 12.7. The highest BCUT2D eigenvalue weighted by Gasteiger charge is 2.12. The molecule has 1 N–H and O–H groups in total. The van der Waals surface area contributed by atoms with Crippen molar-refractivity contribution < 1.29 is 9.53 Å². The Labute approximate surface area is 170 Å². The summed E-state index contributed by atoms with van der Waals surface area (Å²) in [5.74, 6) is 5.87. The fourth-order valence-corrected chi connectivity index (χ4v) is 2.61. The molecule has 1 amide bonds. The topological polar surface area (TPSA) is 131 Å². The van der Waals surface area contributed by atoms with Crippen molar-refractivity contribution >= 4 is 17.2 Å². The largest absolute Gasteiger partial charge is 0.479 e. The van der Waals surface area contributed by atoms with Gasteiger partial charge in [0, 0.05) is 17.3 Å². The summed E-state index contributed by atoms with van der Waals surface area (Å²) in [6.07, 6.45) is 4.32. The second kappa shape index (κ2) is 8.04. The average molecular weight is 396 g/mol. The van der Waals surface area contributed by atoms with Crippen LogP contribution < -0.4 is 10.1 Å². The minimum atomic E-state index is -0.460. The smallest absolute Gasteiger partial charge is 0.255 e. The van der Waals surface area contributed by atoms with E-state index in [4.69, 9.17) is 4.74 Å². The third kappa shape index (κ3) is 3.74. The number of aromatic nitrogens is 6. The molecule has 0 saturated carbocycles. The predicted molar refractivity (Wildman–Crippen MR) is 104 cm³/mol. The molecule has 0 aliphatic heterocycles. The Morgan fingerprint density at radius 3 is 2.90 bits per heavy atom. The van der Waals surface area contributed by atoms with E-state index in [1.807, 2.05) is 6.07 Å². The summed E-state index contributed by atoms with van der Waals surface area (Å²) in [7, 11) is 1.44. The molecule has 10 nitrogen and oxygen atoms in total. The molecule has 0 aliphatic rings. The van der Waals surface area contributed by atoms with Crippen LogP contribution in [0.25, 0.3) is 5.65 Å². The van der Waals surface area contributed by atoms with Crippen LogP contribution in [0.4, 0.5) is 5.69 Å². The van der Waals surface area contributed by atoms with Gasteiger partial charge in [-0.3, -0.25) is 4.79 Å². The van der Waals surface area contributed by atoms with E-state index in [1.165, 1.54) is 30.2 Å². The molecule has 0 aliphatic carbocycles. The van der Waals surface area contributed by atoms with Gasteiger partial charge in [0.2, 0.25) is 11.7 Å². The number of nitrogens with one attached hydrogen (secondary N) is 1. The molecule has 30 heavy (non-hydrogen) atoms. The number of methoxy groups -OCH3 is 1. The molecule has 144 valence electrons. The van der Waals surface area contributed by atoms with E-state index in [0.717, 1.165) is 0 Å². The van der Waals surface area contributed by atoms with Crippen molar-refractivity contribution in [3.63, 3.8) is 0 Å². The molecule has 3 aromatic heterocycles. The van der Waals surface area contributed by atoms with E-state index in [-0.39, 0.29) is 17.0 Å². The molecule has 0 spiro atoms. The quantitative estimate of drug-likeness (QED) is 0.515. The van der Waals surface area contributed by atoms with Crippen LogP contribution in [0.3, 0.4) is 0 Å². The number of ether oxygens (including phenoxy) is 1. The molecule has 4 aromatic rings. The van der Waals surface area contributed by atoms with Gasteiger partial charge in [0.25, 0.3) is 5.91 Å². The van der Waals surface area contributed by atoms with Crippen molar-refractivity contribution in [2.45, 2.75) is 0 Å². The zero-order valence-corrected chi connectivity index (χ0v) is 15.6. The highest BCUT2D eigenvalue weighted by Crippen LogP contribution is 2.20. The summed E-state index contributed by atoms with van der Waals surface area (Å²) in [4.78, 5) is 20.5. The van der Waals surface area contributed by atoms with Crippen molar-refractivity contribution in [1.82, 2.24) is 29.8 Å². The fraction of sp³-hybridized carbons (Fsp3) is 0.0500. The predicted octanol–water partition coefficient (Wildman–Crippen LogP) is 1.45. The van der Waals surface area contributed by atoms with Crippen LogP contribution in [0.15, 0.2) is 49.1 Å². The summed E-state index contributed by atoms with van der Waals surface area (Å²) < 4.78 is 6.60. The molecule has 0 bridgehead atoms. The van der Waals surface area contributed by atoms with Crippen LogP contribution >= 0.6 is 0 Å². The normalized spacial score (nSPS) is 10.0. The summed E-state index contributed by atoms with van der Waals surface area (Å²) in [5.41, 5.74) is 1.86. The number of benzene rings is 1. The SMILES string of the molecule is COc1ncncc1NC(=O)c1cc(C#N)cc(C#Cc2nnc3cccnn23)c1. The van der Waals surface area contributed by atoms with E-state index < -0.39 is 5.91 Å². The lowest BCUT2D eigenvalue weighted by Crippen LogP contribution is -2.14. The summed E-state index contributed by atoms with van der Waals surface area (Å²) in [5, 5.41) is 24.1. The minimum Gasteiger partial charge on any atom is -0.479 e. The molecule has 1 aromatic carbocycles. The Hall–Kier alpha value is -4.83. The number of anilines is 1. The Morgan fingerprint density at radius 1 is 1.20 bits per heavy atom. The van der Waals surface area contributed by atoms with E-state index >= 15 is 0 Å². The first kappa shape index (κ1) is 18.5. The third-order valence-electron chi connectivity index (χ3n) is 3.94. The summed E-state index contributed by atoms with van der Waals surface area (Å²) in [6, 6.07) is 10.1. The Kier molecular flexibility index (Phi) is 4.97. The lowest BCUT2D eigenvalue weighted by molar-refractivity contribution is 0.102. The molecule has 0 radical (unpaired) electrons. The second-order valence-corrected chi connectivity index (χ2v) is 5.88. The number of rotatable bonds is 3. The van der Waals surface area contributed by atoms with Gasteiger partial charge in [0.05, 0.1) is 24.9 Å². The van der Waals surface area contributed by atoms with Crippen LogP contribution in [0, 0.1) is 23.2 Å². The van der Waals surface area contributed by atoms with Gasteiger partial charge in [0.15, 0.2) is 5.65 Å². The Balaban J connectivity index is 1.66. The number of nitriles is 1. The van der Waals surface area contributed by atoms with Crippen LogP contribution in [0.5, 0.6) is 5.88 Å². The molecule has 0 unspecified atom stereocenters. The Bertz CT molecular complexity index is 1360. The van der Waals surface area contributed by atoms with Gasteiger partial charge in [-0.2, -0.15) is 19.9 Å². The molecule has 0 atom stereocenters. The molecular weight excluding hydrogens is 384 g/mol. The minimum absolute atomic E-state index is 0.223. The first-order chi connectivity index (χ1) is 14.7. The lowest BCUT2D eigenvalue weighted by Gasteiger charge is -2.08. The van der Waals surface area contributed by atoms with Gasteiger partial charge in [-0.15, -0.1) is 10.2 Å². The molecule has 0 saturated heterocycles.